The Bertz CT molecular complexity index is 1860. The van der Waals surface area contributed by atoms with Gasteiger partial charge in [0.1, 0.15) is 23.2 Å². The number of piperidine rings is 1. The third kappa shape index (κ3) is 8.83. The number of likely N-dealkylation sites (tertiary alicyclic amines) is 1. The molecule has 0 aliphatic carbocycles. The second-order valence-electron chi connectivity index (χ2n) is 10.5. The minimum Gasteiger partial charge on any atom is -0.383 e. The van der Waals surface area contributed by atoms with Crippen LogP contribution in [0.2, 0.25) is 0 Å². The van der Waals surface area contributed by atoms with Gasteiger partial charge in [0, 0.05) is 50.0 Å². The van der Waals surface area contributed by atoms with Crippen molar-refractivity contribution in [3.63, 3.8) is 0 Å². The molecule has 7 N–H and O–H groups in total. The zero-order valence-electron chi connectivity index (χ0n) is 28.4. The fourth-order valence-corrected chi connectivity index (χ4v) is 5.46. The van der Waals surface area contributed by atoms with Gasteiger partial charge < -0.3 is 21.8 Å². The van der Waals surface area contributed by atoms with Crippen LogP contribution in [0.5, 0.6) is 0 Å². The van der Waals surface area contributed by atoms with Crippen LogP contribution < -0.4 is 27.6 Å². The number of pyridine rings is 2. The lowest BCUT2D eigenvalue weighted by molar-refractivity contribution is 0.211. The van der Waals surface area contributed by atoms with Crippen LogP contribution >= 0.6 is 0 Å². The highest BCUT2D eigenvalue weighted by molar-refractivity contribution is 5.84. The number of rotatable bonds is 10. The van der Waals surface area contributed by atoms with E-state index in [1.807, 2.05) is 68.7 Å². The lowest BCUT2D eigenvalue weighted by atomic mass is 10.0. The molecule has 0 bridgehead atoms. The topological polar surface area (TPSA) is 185 Å². The standard InChI is InChI=1S/C31H32FN13.2C2H6/c32-19-38-26(17-39-35)24-7-8-25-31(41-24)45(30(42-25)23-2-1-12-37-29(23)34)22-5-3-20(4-6-22)18-44-14-10-21(11-15-44)40-27-9-13-36-28(16-33)43-27;2*1-2/h1-9,12-13,17,21,38-39H,10-11,14-15,18-19,35H2,(H2,34,37)(H,36,40,43);2*1-2H3/b26-17-;;. The zero-order chi connectivity index (χ0) is 35.2. The summed E-state index contributed by atoms with van der Waals surface area (Å²) in [5.41, 5.74) is 13.5. The maximum Gasteiger partial charge on any atom is 0.234 e. The second-order valence-corrected chi connectivity index (χ2v) is 10.5. The van der Waals surface area contributed by atoms with E-state index in [1.54, 1.807) is 24.5 Å². The van der Waals surface area contributed by atoms with E-state index in [9.17, 15) is 4.39 Å². The molecule has 0 saturated carbocycles. The number of imidazole rings is 1. The number of nitrogens with two attached hydrogens (primary N) is 2. The summed E-state index contributed by atoms with van der Waals surface area (Å²) < 4.78 is 15.1. The van der Waals surface area contributed by atoms with Crippen LogP contribution in [0.4, 0.5) is 16.0 Å². The van der Waals surface area contributed by atoms with Crippen molar-refractivity contribution >= 4 is 28.5 Å². The number of nitrogens with one attached hydrogen (secondary N) is 3. The summed E-state index contributed by atoms with van der Waals surface area (Å²) >= 11 is 0. The zero-order valence-corrected chi connectivity index (χ0v) is 28.4. The number of nitrogen functional groups attached to an aromatic ring is 1. The van der Waals surface area contributed by atoms with E-state index < -0.39 is 6.80 Å². The van der Waals surface area contributed by atoms with Gasteiger partial charge in [-0.25, -0.2) is 29.3 Å². The van der Waals surface area contributed by atoms with Gasteiger partial charge in [-0.3, -0.25) is 15.3 Å². The molecule has 5 aromatic rings. The number of alkyl halides is 1. The van der Waals surface area contributed by atoms with Crippen LogP contribution in [0.1, 0.15) is 57.6 Å². The highest BCUT2D eigenvalue weighted by Gasteiger charge is 2.21. The van der Waals surface area contributed by atoms with Crippen molar-refractivity contribution in [2.75, 3.05) is 30.9 Å². The molecule has 0 radical (unpaired) electrons. The van der Waals surface area contributed by atoms with Crippen molar-refractivity contribution in [2.45, 2.75) is 53.1 Å². The van der Waals surface area contributed by atoms with Gasteiger partial charge in [0.2, 0.25) is 5.82 Å². The number of anilines is 2. The first-order chi connectivity index (χ1) is 24.1. The summed E-state index contributed by atoms with van der Waals surface area (Å²) in [7, 11) is 0. The molecular formula is C35H44FN13. The Labute approximate surface area is 286 Å². The summed E-state index contributed by atoms with van der Waals surface area (Å²) in [6, 6.07) is 19.6. The quantitative estimate of drug-likeness (QED) is 0.0754. The molecule has 5 heterocycles. The van der Waals surface area contributed by atoms with Crippen LogP contribution in [0.3, 0.4) is 0 Å². The van der Waals surface area contributed by atoms with Crippen LogP contribution in [-0.4, -0.2) is 60.3 Å². The lowest BCUT2D eigenvalue weighted by Gasteiger charge is -2.32. The van der Waals surface area contributed by atoms with Crippen LogP contribution in [0.15, 0.2) is 73.2 Å². The Morgan fingerprint density at radius 1 is 0.980 bits per heavy atom. The van der Waals surface area contributed by atoms with Gasteiger partial charge in [0.05, 0.1) is 17.0 Å². The molecule has 49 heavy (non-hydrogen) atoms. The molecule has 14 heteroatoms. The monoisotopic (exact) mass is 665 g/mol. The summed E-state index contributed by atoms with van der Waals surface area (Å²) in [5.74, 6) is 7.26. The first-order valence-corrected chi connectivity index (χ1v) is 16.4. The Balaban J connectivity index is 0.00000130. The molecule has 4 aromatic heterocycles. The van der Waals surface area contributed by atoms with Crippen molar-refractivity contribution in [1.29, 1.82) is 5.26 Å². The summed E-state index contributed by atoms with van der Waals surface area (Å²) in [6.45, 7) is 9.88. The van der Waals surface area contributed by atoms with Gasteiger partial charge in [-0.15, -0.1) is 0 Å². The molecule has 256 valence electrons. The minimum absolute atomic E-state index is 0.163. The Kier molecular flexibility index (Phi) is 13.3. The number of hydrogen-bond acceptors (Lipinski definition) is 12. The van der Waals surface area contributed by atoms with Gasteiger partial charge in [0.15, 0.2) is 18.3 Å². The largest absolute Gasteiger partial charge is 0.383 e. The number of hydrazine groups is 1. The molecule has 1 aliphatic heterocycles. The number of hydrogen-bond donors (Lipinski definition) is 5. The van der Waals surface area contributed by atoms with E-state index in [0.717, 1.165) is 38.2 Å². The van der Waals surface area contributed by atoms with Crippen LogP contribution in [0.25, 0.3) is 33.9 Å². The highest BCUT2D eigenvalue weighted by Crippen LogP contribution is 2.31. The van der Waals surface area contributed by atoms with E-state index in [1.165, 1.54) is 11.8 Å². The molecule has 13 nitrogen and oxygen atoms in total. The summed E-state index contributed by atoms with van der Waals surface area (Å²) in [5, 5.41) is 15.1. The Morgan fingerprint density at radius 3 is 2.41 bits per heavy atom. The molecule has 1 aromatic carbocycles. The van der Waals surface area contributed by atoms with E-state index in [4.69, 9.17) is 26.8 Å². The number of nitrogens with zero attached hydrogens (tertiary/aromatic N) is 8. The van der Waals surface area contributed by atoms with Crippen molar-refractivity contribution in [3.8, 4) is 23.1 Å². The maximum absolute atomic E-state index is 13.2. The molecule has 1 saturated heterocycles. The molecule has 0 amide bonds. The fraction of sp³-hybridized carbons (Fsp3) is 0.314. The number of nitriles is 1. The van der Waals surface area contributed by atoms with Crippen LogP contribution in [0, 0.1) is 11.3 Å². The lowest BCUT2D eigenvalue weighted by Crippen LogP contribution is -2.38. The van der Waals surface area contributed by atoms with E-state index >= 15 is 0 Å². The number of halogens is 1. The van der Waals surface area contributed by atoms with Gasteiger partial charge in [-0.1, -0.05) is 39.8 Å². The molecule has 1 aliphatic rings. The van der Waals surface area contributed by atoms with Gasteiger partial charge in [-0.05, 0) is 60.9 Å². The number of aromatic nitrogens is 6. The van der Waals surface area contributed by atoms with Crippen molar-refractivity contribution in [1.82, 2.24) is 45.1 Å². The predicted molar refractivity (Wildman–Crippen MR) is 192 cm³/mol. The first-order valence-electron chi connectivity index (χ1n) is 16.4. The van der Waals surface area contributed by atoms with E-state index in [-0.39, 0.29) is 11.9 Å². The van der Waals surface area contributed by atoms with E-state index in [0.29, 0.717) is 45.6 Å². The third-order valence-electron chi connectivity index (χ3n) is 7.64. The minimum atomic E-state index is -0.787. The molecule has 6 rings (SSSR count). The van der Waals surface area contributed by atoms with Gasteiger partial charge >= 0.3 is 0 Å². The third-order valence-corrected chi connectivity index (χ3v) is 7.64. The van der Waals surface area contributed by atoms with Gasteiger partial charge in [-0.2, -0.15) is 5.26 Å². The average Bonchev–Trinajstić information content (AvgIpc) is 3.53. The van der Waals surface area contributed by atoms with Crippen LogP contribution in [-0.2, 0) is 6.54 Å². The molecule has 0 unspecified atom stereocenters. The highest BCUT2D eigenvalue weighted by atomic mass is 19.1. The second kappa shape index (κ2) is 18.0. The normalized spacial score (nSPS) is 13.4. The van der Waals surface area contributed by atoms with Gasteiger partial charge in [0.25, 0.3) is 0 Å². The number of fused-ring (bicyclic) bond motifs is 1. The van der Waals surface area contributed by atoms with E-state index in [2.05, 4.69) is 48.0 Å². The molecule has 0 spiro atoms. The fourth-order valence-electron chi connectivity index (χ4n) is 5.46. The first kappa shape index (κ1) is 36.2. The average molecular weight is 666 g/mol. The SMILES string of the molecule is CC.CC.N#Cc1nccc(NC2CCN(Cc3ccc(-n4c(-c5cccnc5N)nc5ccc(/C(=C/NN)NCF)nc54)cc3)CC2)n1. The maximum atomic E-state index is 13.2. The summed E-state index contributed by atoms with van der Waals surface area (Å²) in [6.07, 6.45) is 6.60. The molecule has 1 fully saturated rings. The molecular weight excluding hydrogens is 621 g/mol. The van der Waals surface area contributed by atoms with Crippen molar-refractivity contribution in [2.24, 2.45) is 5.84 Å². The Hall–Kier alpha value is -5.65. The van der Waals surface area contributed by atoms with Crippen molar-refractivity contribution in [3.05, 3.63) is 90.3 Å². The Morgan fingerprint density at radius 2 is 1.73 bits per heavy atom. The molecule has 0 atom stereocenters. The predicted octanol–water partition coefficient (Wildman–Crippen LogP) is 5.13. The smallest absolute Gasteiger partial charge is 0.234 e. The number of benzene rings is 1. The summed E-state index contributed by atoms with van der Waals surface area (Å²) in [4.78, 5) is 24.6. The van der Waals surface area contributed by atoms with Crippen molar-refractivity contribution < 1.29 is 4.39 Å².